The van der Waals surface area contributed by atoms with Crippen molar-refractivity contribution in [3.8, 4) is 5.75 Å². The van der Waals surface area contributed by atoms with Gasteiger partial charge in [-0.2, -0.15) is 13.2 Å². The van der Waals surface area contributed by atoms with Crippen LogP contribution in [0.4, 0.5) is 13.2 Å². The molecule has 0 N–H and O–H groups in total. The quantitative estimate of drug-likeness (QED) is 0.738. The number of hydrogen-bond donors (Lipinski definition) is 0. The summed E-state index contributed by atoms with van der Waals surface area (Å²) >= 11 is 0. The fraction of sp³-hybridized carbons (Fsp3) is 0.550. The first-order valence-electron chi connectivity index (χ1n) is 10.0. The summed E-state index contributed by atoms with van der Waals surface area (Å²) in [6.45, 7) is 2.22. The molecule has 7 nitrogen and oxygen atoms in total. The number of alkyl halides is 3. The smallest absolute Gasteiger partial charge is 0.416 e. The third kappa shape index (κ3) is 4.92. The van der Waals surface area contributed by atoms with Crippen LogP contribution in [0.1, 0.15) is 41.7 Å². The van der Waals surface area contributed by atoms with Gasteiger partial charge < -0.3 is 14.4 Å². The molecule has 2 fully saturated rings. The lowest BCUT2D eigenvalue weighted by atomic mass is 10.1. The largest absolute Gasteiger partial charge is 0.490 e. The maximum absolute atomic E-state index is 12.8. The second-order valence-electron chi connectivity index (χ2n) is 7.60. The van der Waals surface area contributed by atoms with E-state index in [9.17, 15) is 18.0 Å². The Hall–Kier alpha value is -2.62. The van der Waals surface area contributed by atoms with Crippen LogP contribution in [0.15, 0.2) is 30.5 Å². The Labute approximate surface area is 171 Å². The van der Waals surface area contributed by atoms with Crippen molar-refractivity contribution < 1.29 is 27.4 Å². The van der Waals surface area contributed by atoms with E-state index < -0.39 is 11.7 Å². The second-order valence-corrected chi connectivity index (χ2v) is 7.60. The van der Waals surface area contributed by atoms with Crippen molar-refractivity contribution in [3.63, 3.8) is 0 Å². The first-order valence-corrected chi connectivity index (χ1v) is 10.0. The fourth-order valence-electron chi connectivity index (χ4n) is 3.76. The number of amides is 1. The highest BCUT2D eigenvalue weighted by molar-refractivity contribution is 5.92. The van der Waals surface area contributed by atoms with Crippen LogP contribution in [0.3, 0.4) is 0 Å². The fourth-order valence-corrected chi connectivity index (χ4v) is 3.76. The van der Waals surface area contributed by atoms with E-state index in [1.165, 1.54) is 12.1 Å². The van der Waals surface area contributed by atoms with Crippen LogP contribution >= 0.6 is 0 Å². The second kappa shape index (κ2) is 8.63. The van der Waals surface area contributed by atoms with Crippen molar-refractivity contribution in [1.29, 1.82) is 0 Å². The van der Waals surface area contributed by atoms with Crippen molar-refractivity contribution in [2.24, 2.45) is 0 Å². The summed E-state index contributed by atoms with van der Waals surface area (Å²) in [6.07, 6.45) is 0.167. The molecule has 1 aromatic carbocycles. The molecule has 30 heavy (non-hydrogen) atoms. The van der Waals surface area contributed by atoms with Gasteiger partial charge in [0.1, 0.15) is 11.9 Å². The molecule has 10 heteroatoms. The Kier molecular flexibility index (Phi) is 5.94. The number of hydrogen-bond acceptors (Lipinski definition) is 5. The lowest BCUT2D eigenvalue weighted by Crippen LogP contribution is -2.42. The van der Waals surface area contributed by atoms with Gasteiger partial charge in [0, 0.05) is 32.5 Å². The van der Waals surface area contributed by atoms with Crippen molar-refractivity contribution in [3.05, 3.63) is 41.7 Å². The number of carbonyl (C=O) groups is 1. The molecule has 0 unspecified atom stereocenters. The topological polar surface area (TPSA) is 69.5 Å². The number of benzene rings is 1. The lowest BCUT2D eigenvalue weighted by Gasteiger charge is -2.31. The predicted molar refractivity (Wildman–Crippen MR) is 100.0 cm³/mol. The van der Waals surface area contributed by atoms with Crippen molar-refractivity contribution >= 4 is 5.91 Å². The van der Waals surface area contributed by atoms with E-state index in [1.807, 2.05) is 0 Å². The summed E-state index contributed by atoms with van der Waals surface area (Å²) in [5.41, 5.74) is -0.455. The molecule has 162 valence electrons. The molecule has 0 saturated carbocycles. The molecule has 3 heterocycles. The maximum atomic E-state index is 12.8. The third-order valence-corrected chi connectivity index (χ3v) is 5.37. The first kappa shape index (κ1) is 20.6. The third-order valence-electron chi connectivity index (χ3n) is 5.37. The number of aromatic nitrogens is 3. The molecule has 4 rings (SSSR count). The van der Waals surface area contributed by atoms with Crippen LogP contribution in [-0.4, -0.2) is 57.7 Å². The van der Waals surface area contributed by atoms with Crippen LogP contribution < -0.4 is 4.74 Å². The molecule has 2 aliphatic heterocycles. The van der Waals surface area contributed by atoms with E-state index in [1.54, 1.807) is 15.8 Å². The average Bonchev–Trinajstić information content (AvgIpc) is 3.40. The summed E-state index contributed by atoms with van der Waals surface area (Å²) in [6, 6.07) is 4.86. The van der Waals surface area contributed by atoms with Gasteiger partial charge in [-0.25, -0.2) is 4.68 Å². The molecule has 0 aliphatic carbocycles. The van der Waals surface area contributed by atoms with Crippen LogP contribution in [0.5, 0.6) is 5.75 Å². The minimum atomic E-state index is -4.41. The SMILES string of the molecule is O=C(c1cn(C[C@@H]2CCCO2)nn1)N1CCC(Oc2cccc(C(F)(F)F)c2)CC1. The summed E-state index contributed by atoms with van der Waals surface area (Å²) < 4.78 is 51.5. The summed E-state index contributed by atoms with van der Waals surface area (Å²) in [4.78, 5) is 14.4. The molecule has 2 saturated heterocycles. The highest BCUT2D eigenvalue weighted by atomic mass is 19.4. The van der Waals surface area contributed by atoms with Gasteiger partial charge in [-0.15, -0.1) is 5.10 Å². The summed E-state index contributed by atoms with van der Waals surface area (Å²) in [5.74, 6) is -0.0159. The van der Waals surface area contributed by atoms with Gasteiger partial charge >= 0.3 is 6.18 Å². The first-order chi connectivity index (χ1) is 14.4. The minimum absolute atomic E-state index is 0.110. The average molecular weight is 424 g/mol. The number of likely N-dealkylation sites (tertiary alicyclic amines) is 1. The molecule has 1 amide bonds. The van der Waals surface area contributed by atoms with Gasteiger partial charge in [0.05, 0.1) is 24.4 Å². The normalized spacial score (nSPS) is 20.5. The zero-order valence-electron chi connectivity index (χ0n) is 16.3. The monoisotopic (exact) mass is 424 g/mol. The Morgan fingerprint density at radius 2 is 2.03 bits per heavy atom. The number of halogens is 3. The number of nitrogens with zero attached hydrogens (tertiary/aromatic N) is 4. The molecule has 0 radical (unpaired) electrons. The molecule has 1 aromatic heterocycles. The Morgan fingerprint density at radius 3 is 2.73 bits per heavy atom. The van der Waals surface area contributed by atoms with E-state index in [0.29, 0.717) is 32.5 Å². The number of ether oxygens (including phenoxy) is 2. The maximum Gasteiger partial charge on any atom is 0.416 e. The van der Waals surface area contributed by atoms with Gasteiger partial charge in [-0.3, -0.25) is 4.79 Å². The highest BCUT2D eigenvalue weighted by Gasteiger charge is 2.31. The minimum Gasteiger partial charge on any atom is -0.490 e. The van der Waals surface area contributed by atoms with E-state index in [0.717, 1.165) is 31.6 Å². The van der Waals surface area contributed by atoms with Gasteiger partial charge in [0.25, 0.3) is 5.91 Å². The van der Waals surface area contributed by atoms with E-state index in [-0.39, 0.29) is 29.6 Å². The Balaban J connectivity index is 1.29. The van der Waals surface area contributed by atoms with E-state index >= 15 is 0 Å². The van der Waals surface area contributed by atoms with E-state index in [4.69, 9.17) is 9.47 Å². The lowest BCUT2D eigenvalue weighted by molar-refractivity contribution is -0.137. The van der Waals surface area contributed by atoms with Gasteiger partial charge in [-0.1, -0.05) is 11.3 Å². The van der Waals surface area contributed by atoms with Gasteiger partial charge in [0.15, 0.2) is 5.69 Å². The van der Waals surface area contributed by atoms with Crippen LogP contribution in [0.2, 0.25) is 0 Å². The molecular weight excluding hydrogens is 401 g/mol. The molecule has 1 atom stereocenters. The molecule has 2 aliphatic rings. The number of piperidine rings is 1. The molecule has 0 spiro atoms. The zero-order valence-corrected chi connectivity index (χ0v) is 16.3. The predicted octanol–water partition coefficient (Wildman–Crippen LogP) is 3.16. The van der Waals surface area contributed by atoms with Gasteiger partial charge in [0.2, 0.25) is 0 Å². The van der Waals surface area contributed by atoms with Crippen molar-refractivity contribution in [1.82, 2.24) is 19.9 Å². The standard InChI is InChI=1S/C20H23F3N4O3/c21-20(22,23)14-3-1-4-16(11-14)30-15-6-8-26(9-7-15)19(28)18-13-27(25-24-18)12-17-5-2-10-29-17/h1,3-4,11,13,15,17H,2,5-10,12H2/t17-/m0/s1. The highest BCUT2D eigenvalue weighted by Crippen LogP contribution is 2.32. The molecule has 0 bridgehead atoms. The van der Waals surface area contributed by atoms with Crippen LogP contribution in [0.25, 0.3) is 0 Å². The van der Waals surface area contributed by atoms with Crippen molar-refractivity contribution in [2.75, 3.05) is 19.7 Å². The van der Waals surface area contributed by atoms with Crippen LogP contribution in [0, 0.1) is 0 Å². The summed E-state index contributed by atoms with van der Waals surface area (Å²) in [7, 11) is 0. The summed E-state index contributed by atoms with van der Waals surface area (Å²) in [5, 5.41) is 8.00. The van der Waals surface area contributed by atoms with E-state index in [2.05, 4.69) is 10.3 Å². The number of rotatable bonds is 5. The van der Waals surface area contributed by atoms with Crippen molar-refractivity contribution in [2.45, 2.75) is 50.6 Å². The molecule has 2 aromatic rings. The Bertz CT molecular complexity index is 872. The molecular formula is C20H23F3N4O3. The Morgan fingerprint density at radius 1 is 1.23 bits per heavy atom. The van der Waals surface area contributed by atoms with Crippen LogP contribution in [-0.2, 0) is 17.5 Å². The zero-order chi connectivity index (χ0) is 21.1. The van der Waals surface area contributed by atoms with Gasteiger partial charge in [-0.05, 0) is 31.0 Å². The number of carbonyl (C=O) groups excluding carboxylic acids is 1.